The Morgan fingerprint density at radius 1 is 1.25 bits per heavy atom. The Morgan fingerprint density at radius 3 is 2.70 bits per heavy atom. The molecule has 2 aromatic heterocycles. The molecule has 1 aromatic carbocycles. The summed E-state index contributed by atoms with van der Waals surface area (Å²) in [7, 11) is 0. The number of nitrogens with zero attached hydrogens (tertiary/aromatic N) is 3. The van der Waals surface area contributed by atoms with Gasteiger partial charge in [0.15, 0.2) is 5.65 Å². The molecule has 0 saturated carbocycles. The first-order valence-electron chi connectivity index (χ1n) is 5.93. The molecule has 3 rings (SSSR count). The van der Waals surface area contributed by atoms with Crippen LogP contribution in [0, 0.1) is 0 Å². The molecule has 0 spiro atoms. The van der Waals surface area contributed by atoms with E-state index in [1.807, 2.05) is 6.07 Å². The third-order valence-electron chi connectivity index (χ3n) is 3.03. The number of halogens is 1. The summed E-state index contributed by atoms with van der Waals surface area (Å²) < 4.78 is 1.38. The van der Waals surface area contributed by atoms with E-state index in [4.69, 9.17) is 11.6 Å². The van der Waals surface area contributed by atoms with Gasteiger partial charge in [-0.1, -0.05) is 29.8 Å². The average molecular weight is 288 g/mol. The molecule has 0 atom stereocenters. The summed E-state index contributed by atoms with van der Waals surface area (Å²) in [6.07, 6.45) is 2.83. The van der Waals surface area contributed by atoms with Gasteiger partial charge in [0.25, 0.3) is 5.91 Å². The number of carbonyl (C=O) groups excluding carboxylic acids is 1. The molecule has 20 heavy (non-hydrogen) atoms. The first-order chi connectivity index (χ1) is 9.72. The maximum atomic E-state index is 12.5. The summed E-state index contributed by atoms with van der Waals surface area (Å²) >= 11 is 6.02. The Morgan fingerprint density at radius 2 is 2.00 bits per heavy atom. The highest BCUT2D eigenvalue weighted by Gasteiger charge is 2.18. The highest BCUT2D eigenvalue weighted by atomic mass is 35.5. The van der Waals surface area contributed by atoms with E-state index in [-0.39, 0.29) is 17.7 Å². The SMILES string of the molecule is O=C(c1ccccc1)n1cc(CO)c2c(Cl)ncnc21. The number of aliphatic hydroxyl groups is 1. The van der Waals surface area contributed by atoms with Crippen LogP contribution in [0.1, 0.15) is 15.9 Å². The van der Waals surface area contributed by atoms with Gasteiger partial charge in [-0.25, -0.2) is 9.97 Å². The predicted molar refractivity (Wildman–Crippen MR) is 74.6 cm³/mol. The summed E-state index contributed by atoms with van der Waals surface area (Å²) in [5.74, 6) is -0.231. The molecule has 0 unspecified atom stereocenters. The lowest BCUT2D eigenvalue weighted by Gasteiger charge is -2.03. The molecule has 1 N–H and O–H groups in total. The van der Waals surface area contributed by atoms with Gasteiger partial charge in [-0.05, 0) is 12.1 Å². The number of hydrogen-bond donors (Lipinski definition) is 1. The summed E-state index contributed by atoms with van der Waals surface area (Å²) in [5.41, 5.74) is 1.45. The molecular weight excluding hydrogens is 278 g/mol. The predicted octanol–water partition coefficient (Wildman–Crippen LogP) is 2.27. The largest absolute Gasteiger partial charge is 0.392 e. The molecule has 2 heterocycles. The summed E-state index contributed by atoms with van der Waals surface area (Å²) in [6, 6.07) is 8.84. The van der Waals surface area contributed by atoms with Gasteiger partial charge >= 0.3 is 0 Å². The van der Waals surface area contributed by atoms with Gasteiger partial charge < -0.3 is 5.11 Å². The van der Waals surface area contributed by atoms with Crippen molar-refractivity contribution in [2.24, 2.45) is 0 Å². The van der Waals surface area contributed by atoms with Crippen LogP contribution >= 0.6 is 11.6 Å². The van der Waals surface area contributed by atoms with Crippen LogP contribution in [0.3, 0.4) is 0 Å². The van der Waals surface area contributed by atoms with Crippen LogP contribution in [0.5, 0.6) is 0 Å². The minimum atomic E-state index is -0.237. The molecule has 0 bridgehead atoms. The van der Waals surface area contributed by atoms with E-state index in [1.165, 1.54) is 10.9 Å². The maximum Gasteiger partial charge on any atom is 0.263 e. The van der Waals surface area contributed by atoms with Gasteiger partial charge in [0, 0.05) is 17.3 Å². The van der Waals surface area contributed by atoms with Crippen molar-refractivity contribution >= 4 is 28.5 Å². The lowest BCUT2D eigenvalue weighted by Crippen LogP contribution is -2.11. The van der Waals surface area contributed by atoms with Gasteiger partial charge in [0.05, 0.1) is 12.0 Å². The molecule has 6 heteroatoms. The maximum absolute atomic E-state index is 12.5. The fraction of sp³-hybridized carbons (Fsp3) is 0.0714. The van der Waals surface area contributed by atoms with E-state index >= 15 is 0 Å². The Kier molecular flexibility index (Phi) is 3.22. The van der Waals surface area contributed by atoms with Crippen molar-refractivity contribution in [1.82, 2.24) is 14.5 Å². The lowest BCUT2D eigenvalue weighted by molar-refractivity contribution is 0.0964. The zero-order chi connectivity index (χ0) is 14.1. The molecule has 0 saturated heterocycles. The van der Waals surface area contributed by atoms with Crippen molar-refractivity contribution in [2.75, 3.05) is 0 Å². The third kappa shape index (κ3) is 1.97. The minimum absolute atomic E-state index is 0.221. The second kappa shape index (κ2) is 5.03. The van der Waals surface area contributed by atoms with Gasteiger partial charge in [-0.15, -0.1) is 0 Å². The molecule has 100 valence electrons. The molecule has 0 amide bonds. The molecule has 0 aliphatic rings. The smallest absolute Gasteiger partial charge is 0.263 e. The van der Waals surface area contributed by atoms with Gasteiger partial charge in [0.2, 0.25) is 0 Å². The van der Waals surface area contributed by atoms with Crippen molar-refractivity contribution in [3.05, 3.63) is 59.1 Å². The van der Waals surface area contributed by atoms with Crippen LogP contribution in [-0.2, 0) is 6.61 Å². The highest BCUT2D eigenvalue weighted by molar-refractivity contribution is 6.34. The van der Waals surface area contributed by atoms with Crippen LogP contribution < -0.4 is 0 Å². The minimum Gasteiger partial charge on any atom is -0.392 e. The van der Waals surface area contributed by atoms with Crippen molar-refractivity contribution < 1.29 is 9.90 Å². The van der Waals surface area contributed by atoms with E-state index in [1.54, 1.807) is 30.5 Å². The Labute approximate surface area is 119 Å². The first kappa shape index (κ1) is 12.8. The van der Waals surface area contributed by atoms with Gasteiger partial charge in [-0.3, -0.25) is 9.36 Å². The molecule has 0 radical (unpaired) electrons. The van der Waals surface area contributed by atoms with Gasteiger partial charge in [0.1, 0.15) is 11.5 Å². The van der Waals surface area contributed by atoms with Crippen LogP contribution in [0.25, 0.3) is 11.0 Å². The molecule has 0 aliphatic carbocycles. The molecule has 5 nitrogen and oxygen atoms in total. The number of benzene rings is 1. The summed E-state index contributed by atoms with van der Waals surface area (Å²) in [5, 5.41) is 10.1. The van der Waals surface area contributed by atoms with Crippen molar-refractivity contribution in [1.29, 1.82) is 0 Å². The number of carbonyl (C=O) groups is 1. The zero-order valence-electron chi connectivity index (χ0n) is 10.3. The fourth-order valence-corrected chi connectivity index (χ4v) is 2.34. The van der Waals surface area contributed by atoms with Crippen molar-refractivity contribution in [3.63, 3.8) is 0 Å². The molecule has 0 fully saturated rings. The average Bonchev–Trinajstić information content (AvgIpc) is 2.87. The number of hydrogen-bond acceptors (Lipinski definition) is 4. The number of aromatic nitrogens is 3. The monoisotopic (exact) mass is 287 g/mol. The Bertz CT molecular complexity index is 784. The first-order valence-corrected chi connectivity index (χ1v) is 6.31. The normalized spacial score (nSPS) is 10.9. The van der Waals surface area contributed by atoms with Crippen molar-refractivity contribution in [2.45, 2.75) is 6.61 Å². The number of fused-ring (bicyclic) bond motifs is 1. The lowest BCUT2D eigenvalue weighted by atomic mass is 10.2. The van der Waals surface area contributed by atoms with Crippen molar-refractivity contribution in [3.8, 4) is 0 Å². The number of rotatable bonds is 2. The topological polar surface area (TPSA) is 68.0 Å². The highest BCUT2D eigenvalue weighted by Crippen LogP contribution is 2.26. The summed E-state index contributed by atoms with van der Waals surface area (Å²) in [4.78, 5) is 20.5. The van der Waals surface area contributed by atoms with Crippen LogP contribution in [0.2, 0.25) is 5.15 Å². The van der Waals surface area contributed by atoms with E-state index in [2.05, 4.69) is 9.97 Å². The third-order valence-corrected chi connectivity index (χ3v) is 3.31. The Balaban J connectivity index is 2.23. The van der Waals surface area contributed by atoms with E-state index in [9.17, 15) is 9.90 Å². The van der Waals surface area contributed by atoms with Crippen LogP contribution in [0.4, 0.5) is 0 Å². The van der Waals surface area contributed by atoms with Gasteiger partial charge in [-0.2, -0.15) is 0 Å². The molecule has 0 aliphatic heterocycles. The second-order valence-corrected chi connectivity index (χ2v) is 4.57. The zero-order valence-corrected chi connectivity index (χ0v) is 11.1. The summed E-state index contributed by atoms with van der Waals surface area (Å²) in [6.45, 7) is -0.237. The van der Waals surface area contributed by atoms with Crippen LogP contribution in [-0.4, -0.2) is 25.5 Å². The number of aliphatic hydroxyl groups excluding tert-OH is 1. The standard InChI is InChI=1S/C14H10ClN3O2/c15-12-11-10(7-19)6-18(13(11)17-8-16-12)14(20)9-4-2-1-3-5-9/h1-6,8,19H,7H2. The molecular formula is C14H10ClN3O2. The quantitative estimate of drug-likeness (QED) is 0.734. The Hall–Kier alpha value is -2.24. The van der Waals surface area contributed by atoms with Crippen LogP contribution in [0.15, 0.2) is 42.9 Å². The van der Waals surface area contributed by atoms with E-state index < -0.39 is 0 Å². The van der Waals surface area contributed by atoms with E-state index in [0.29, 0.717) is 22.2 Å². The second-order valence-electron chi connectivity index (χ2n) is 4.22. The molecule has 3 aromatic rings. The van der Waals surface area contributed by atoms with E-state index in [0.717, 1.165) is 0 Å². The fourth-order valence-electron chi connectivity index (χ4n) is 2.09.